The molecule has 0 heterocycles. The van der Waals surface area contributed by atoms with E-state index in [0.29, 0.717) is 18.4 Å². The molecule has 2 fully saturated rings. The lowest BCUT2D eigenvalue weighted by molar-refractivity contribution is -0.137. The third kappa shape index (κ3) is 6.30. The summed E-state index contributed by atoms with van der Waals surface area (Å²) < 4.78 is 57.3. The summed E-state index contributed by atoms with van der Waals surface area (Å²) in [7, 11) is 0. The highest BCUT2D eigenvalue weighted by atomic mass is 19.4. The van der Waals surface area contributed by atoms with Crippen LogP contribution in [0.5, 0.6) is 0 Å². The van der Waals surface area contributed by atoms with E-state index in [-0.39, 0.29) is 12.0 Å². The maximum absolute atomic E-state index is 13.1. The second-order valence-corrected chi connectivity index (χ2v) is 8.33. The number of rotatable bonds is 5. The van der Waals surface area contributed by atoms with Crippen molar-refractivity contribution in [3.8, 4) is 6.07 Å². The first-order chi connectivity index (χ1) is 13.8. The van der Waals surface area contributed by atoms with Crippen molar-refractivity contribution in [1.82, 2.24) is 0 Å². The van der Waals surface area contributed by atoms with Gasteiger partial charge in [0.25, 0.3) is 0 Å². The lowest BCUT2D eigenvalue weighted by Gasteiger charge is -2.32. The van der Waals surface area contributed by atoms with Crippen LogP contribution < -0.4 is 0 Å². The second kappa shape index (κ2) is 9.75. The Balaban J connectivity index is 1.38. The summed E-state index contributed by atoms with van der Waals surface area (Å²) in [5.41, 5.74) is 0.381. The molecule has 0 aromatic heterocycles. The number of ether oxygens (including phenoxy) is 1. The topological polar surface area (TPSA) is 33.0 Å². The molecule has 0 spiro atoms. The third-order valence-electron chi connectivity index (χ3n) is 6.33. The molecular formula is C23H27F4NO. The van der Waals surface area contributed by atoms with Gasteiger partial charge in [-0.25, -0.2) is 0 Å². The van der Waals surface area contributed by atoms with Gasteiger partial charge in [0.05, 0.1) is 11.7 Å². The zero-order chi connectivity index (χ0) is 20.9. The van der Waals surface area contributed by atoms with Gasteiger partial charge in [-0.2, -0.15) is 22.8 Å². The van der Waals surface area contributed by atoms with E-state index in [1.165, 1.54) is 24.3 Å². The smallest absolute Gasteiger partial charge is 0.378 e. The Kier molecular flexibility index (Phi) is 7.34. The molecule has 0 saturated heterocycles. The fourth-order valence-electron chi connectivity index (χ4n) is 4.55. The van der Waals surface area contributed by atoms with E-state index in [4.69, 9.17) is 10.00 Å². The van der Waals surface area contributed by atoms with Gasteiger partial charge in [-0.1, -0.05) is 12.1 Å². The lowest BCUT2D eigenvalue weighted by Crippen LogP contribution is -2.25. The first kappa shape index (κ1) is 21.8. The minimum atomic E-state index is -4.29. The standard InChI is InChI=1S/C23H27F4NO/c24-21(14-28)13-16-1-3-17(4-2-16)15-29-22-11-7-19(8-12-22)18-5-9-20(10-6-18)23(25,26)27/h5-6,9-10,13,16-17,19,22H,1-4,7-8,11-12,15H2/b21-13+. The number of hydrogen-bond donors (Lipinski definition) is 0. The minimum Gasteiger partial charge on any atom is -0.378 e. The molecule has 158 valence electrons. The predicted octanol–water partition coefficient (Wildman–Crippen LogP) is 6.93. The van der Waals surface area contributed by atoms with Crippen LogP contribution in [0.3, 0.4) is 0 Å². The largest absolute Gasteiger partial charge is 0.416 e. The summed E-state index contributed by atoms with van der Waals surface area (Å²) in [6.45, 7) is 0.715. The Morgan fingerprint density at radius 2 is 1.62 bits per heavy atom. The van der Waals surface area contributed by atoms with Crippen molar-refractivity contribution in [2.24, 2.45) is 11.8 Å². The molecule has 0 atom stereocenters. The monoisotopic (exact) mass is 409 g/mol. The molecule has 0 aliphatic heterocycles. The van der Waals surface area contributed by atoms with Crippen LogP contribution in [0.15, 0.2) is 36.2 Å². The summed E-state index contributed by atoms with van der Waals surface area (Å²) in [6.07, 6.45) is 4.85. The van der Waals surface area contributed by atoms with Gasteiger partial charge >= 0.3 is 6.18 Å². The van der Waals surface area contributed by atoms with Crippen molar-refractivity contribution < 1.29 is 22.3 Å². The van der Waals surface area contributed by atoms with Gasteiger partial charge < -0.3 is 4.74 Å². The van der Waals surface area contributed by atoms with Gasteiger partial charge in [-0.3, -0.25) is 0 Å². The van der Waals surface area contributed by atoms with E-state index in [0.717, 1.165) is 56.9 Å². The number of hydrogen-bond acceptors (Lipinski definition) is 2. The zero-order valence-electron chi connectivity index (χ0n) is 16.4. The van der Waals surface area contributed by atoms with Crippen LogP contribution in [-0.4, -0.2) is 12.7 Å². The van der Waals surface area contributed by atoms with Gasteiger partial charge in [0.15, 0.2) is 5.83 Å². The molecule has 0 bridgehead atoms. The van der Waals surface area contributed by atoms with E-state index in [1.807, 2.05) is 0 Å². The van der Waals surface area contributed by atoms with E-state index in [1.54, 1.807) is 12.1 Å². The third-order valence-corrected chi connectivity index (χ3v) is 6.33. The van der Waals surface area contributed by atoms with Crippen molar-refractivity contribution in [1.29, 1.82) is 5.26 Å². The van der Waals surface area contributed by atoms with Crippen molar-refractivity contribution in [3.63, 3.8) is 0 Å². The van der Waals surface area contributed by atoms with Crippen LogP contribution in [0, 0.1) is 23.2 Å². The molecule has 6 heteroatoms. The fourth-order valence-corrected chi connectivity index (χ4v) is 4.55. The zero-order valence-corrected chi connectivity index (χ0v) is 16.4. The van der Waals surface area contributed by atoms with Crippen molar-refractivity contribution in [2.75, 3.05) is 6.61 Å². The number of benzene rings is 1. The average Bonchev–Trinajstić information content (AvgIpc) is 2.73. The first-order valence-electron chi connectivity index (χ1n) is 10.4. The quantitative estimate of drug-likeness (QED) is 0.390. The summed E-state index contributed by atoms with van der Waals surface area (Å²) in [5.74, 6) is 0.256. The van der Waals surface area contributed by atoms with Crippen molar-refractivity contribution >= 4 is 0 Å². The number of allylic oxidation sites excluding steroid dienone is 2. The average molecular weight is 409 g/mol. The van der Waals surface area contributed by atoms with Crippen molar-refractivity contribution in [3.05, 3.63) is 47.3 Å². The lowest BCUT2D eigenvalue weighted by atomic mass is 9.81. The van der Waals surface area contributed by atoms with Crippen LogP contribution in [0.4, 0.5) is 17.6 Å². The van der Waals surface area contributed by atoms with E-state index >= 15 is 0 Å². The summed E-state index contributed by atoms with van der Waals surface area (Å²) in [4.78, 5) is 0. The maximum Gasteiger partial charge on any atom is 0.416 e. The number of nitriles is 1. The van der Waals surface area contributed by atoms with Crippen LogP contribution in [-0.2, 0) is 10.9 Å². The molecule has 2 saturated carbocycles. The van der Waals surface area contributed by atoms with Gasteiger partial charge in [0.2, 0.25) is 0 Å². The highest BCUT2D eigenvalue weighted by molar-refractivity contribution is 5.27. The van der Waals surface area contributed by atoms with Gasteiger partial charge in [-0.05, 0) is 92.9 Å². The van der Waals surface area contributed by atoms with Crippen LogP contribution in [0.25, 0.3) is 0 Å². The van der Waals surface area contributed by atoms with E-state index in [2.05, 4.69) is 0 Å². The number of halogens is 4. The minimum absolute atomic E-state index is 0.157. The highest BCUT2D eigenvalue weighted by Crippen LogP contribution is 2.37. The maximum atomic E-state index is 13.1. The molecule has 1 aromatic carbocycles. The Morgan fingerprint density at radius 3 is 2.17 bits per heavy atom. The summed E-state index contributed by atoms with van der Waals surface area (Å²) in [5, 5.41) is 8.52. The van der Waals surface area contributed by atoms with Crippen LogP contribution in [0.1, 0.15) is 68.4 Å². The van der Waals surface area contributed by atoms with Crippen molar-refractivity contribution in [2.45, 2.75) is 69.6 Å². The molecule has 0 N–H and O–H groups in total. The van der Waals surface area contributed by atoms with E-state index in [9.17, 15) is 17.6 Å². The molecule has 2 aliphatic rings. The Labute approximate surface area is 169 Å². The molecule has 1 aromatic rings. The van der Waals surface area contributed by atoms with E-state index < -0.39 is 17.6 Å². The summed E-state index contributed by atoms with van der Waals surface area (Å²) >= 11 is 0. The first-order valence-corrected chi connectivity index (χ1v) is 10.4. The molecule has 29 heavy (non-hydrogen) atoms. The Morgan fingerprint density at radius 1 is 1.00 bits per heavy atom. The highest BCUT2D eigenvalue weighted by Gasteiger charge is 2.31. The van der Waals surface area contributed by atoms with Crippen LogP contribution in [0.2, 0.25) is 0 Å². The number of nitrogens with zero attached hydrogens (tertiary/aromatic N) is 1. The molecule has 0 unspecified atom stereocenters. The van der Waals surface area contributed by atoms with Gasteiger partial charge in [0, 0.05) is 6.61 Å². The summed E-state index contributed by atoms with van der Waals surface area (Å²) in [6, 6.07) is 7.10. The van der Waals surface area contributed by atoms with Gasteiger partial charge in [-0.15, -0.1) is 0 Å². The molecular weight excluding hydrogens is 382 g/mol. The fraction of sp³-hybridized carbons (Fsp3) is 0.609. The Bertz CT molecular complexity index is 719. The van der Waals surface area contributed by atoms with Crippen LogP contribution >= 0.6 is 0 Å². The second-order valence-electron chi connectivity index (χ2n) is 8.33. The molecule has 2 nitrogen and oxygen atoms in total. The molecule has 3 rings (SSSR count). The predicted molar refractivity (Wildman–Crippen MR) is 103 cm³/mol. The normalized spacial score (nSPS) is 28.7. The number of alkyl halides is 3. The SMILES string of the molecule is N#C/C(F)=C\C1CCC(COC2CCC(c3ccc(C(F)(F)F)cc3)CC2)CC1. The molecule has 2 aliphatic carbocycles. The molecule has 0 radical (unpaired) electrons. The Hall–Kier alpha value is -1.87. The molecule has 0 amide bonds. The van der Waals surface area contributed by atoms with Gasteiger partial charge in [0.1, 0.15) is 6.07 Å².